The highest BCUT2D eigenvalue weighted by molar-refractivity contribution is 7.89. The molecule has 1 aliphatic rings. The second-order valence-corrected chi connectivity index (χ2v) is 6.73. The normalized spacial score (nSPS) is 17.1. The molecule has 0 bridgehead atoms. The lowest BCUT2D eigenvalue weighted by atomic mass is 9.96. The SMILES string of the molecule is Cc1cc(C#N)ccc1S(=O)(=O)NC1CCCCC1. The van der Waals surface area contributed by atoms with Crippen molar-refractivity contribution in [3.8, 4) is 6.07 Å². The smallest absolute Gasteiger partial charge is 0.208 e. The van der Waals surface area contributed by atoms with Crippen molar-refractivity contribution in [3.05, 3.63) is 29.3 Å². The predicted octanol–water partition coefficient (Wildman–Crippen LogP) is 2.48. The summed E-state index contributed by atoms with van der Waals surface area (Å²) >= 11 is 0. The van der Waals surface area contributed by atoms with E-state index in [4.69, 9.17) is 5.26 Å². The fourth-order valence-corrected chi connectivity index (χ4v) is 4.06. The summed E-state index contributed by atoms with van der Waals surface area (Å²) in [5, 5.41) is 8.80. The van der Waals surface area contributed by atoms with Gasteiger partial charge in [0, 0.05) is 6.04 Å². The van der Waals surface area contributed by atoms with E-state index < -0.39 is 10.0 Å². The molecule has 0 aromatic heterocycles. The lowest BCUT2D eigenvalue weighted by Gasteiger charge is -2.23. The molecule has 102 valence electrons. The molecule has 1 aliphatic carbocycles. The summed E-state index contributed by atoms with van der Waals surface area (Å²) in [6.45, 7) is 1.72. The first-order valence-corrected chi connectivity index (χ1v) is 8.04. The average molecular weight is 278 g/mol. The van der Waals surface area contributed by atoms with Gasteiger partial charge >= 0.3 is 0 Å². The lowest BCUT2D eigenvalue weighted by Crippen LogP contribution is -2.36. The second kappa shape index (κ2) is 5.72. The Morgan fingerprint density at radius 3 is 2.53 bits per heavy atom. The van der Waals surface area contributed by atoms with Gasteiger partial charge in [-0.15, -0.1) is 0 Å². The first-order chi connectivity index (χ1) is 9.03. The van der Waals surface area contributed by atoms with Gasteiger partial charge in [-0.1, -0.05) is 19.3 Å². The fraction of sp³-hybridized carbons (Fsp3) is 0.500. The molecule has 0 unspecified atom stereocenters. The topological polar surface area (TPSA) is 70.0 Å². The van der Waals surface area contributed by atoms with Gasteiger partial charge in [-0.2, -0.15) is 5.26 Å². The molecule has 2 rings (SSSR count). The molecule has 0 amide bonds. The number of hydrogen-bond donors (Lipinski definition) is 1. The zero-order valence-corrected chi connectivity index (χ0v) is 11.8. The van der Waals surface area contributed by atoms with Crippen molar-refractivity contribution in [1.82, 2.24) is 4.72 Å². The average Bonchev–Trinajstić information content (AvgIpc) is 2.38. The van der Waals surface area contributed by atoms with E-state index in [2.05, 4.69) is 4.72 Å². The van der Waals surface area contributed by atoms with Crippen LogP contribution in [-0.4, -0.2) is 14.5 Å². The monoisotopic (exact) mass is 278 g/mol. The van der Waals surface area contributed by atoms with E-state index in [1.54, 1.807) is 19.1 Å². The van der Waals surface area contributed by atoms with Crippen LogP contribution < -0.4 is 4.72 Å². The highest BCUT2D eigenvalue weighted by Gasteiger charge is 2.23. The van der Waals surface area contributed by atoms with Gasteiger partial charge in [-0.05, 0) is 43.5 Å². The minimum atomic E-state index is -3.47. The maximum atomic E-state index is 12.3. The molecule has 1 fully saturated rings. The highest BCUT2D eigenvalue weighted by atomic mass is 32.2. The number of nitrogens with one attached hydrogen (secondary N) is 1. The van der Waals surface area contributed by atoms with Gasteiger partial charge in [0.1, 0.15) is 0 Å². The summed E-state index contributed by atoms with van der Waals surface area (Å²) in [7, 11) is -3.47. The summed E-state index contributed by atoms with van der Waals surface area (Å²) < 4.78 is 27.4. The molecule has 1 aromatic carbocycles. The maximum Gasteiger partial charge on any atom is 0.241 e. The van der Waals surface area contributed by atoms with E-state index in [1.165, 1.54) is 12.5 Å². The summed E-state index contributed by atoms with van der Waals surface area (Å²) in [5.41, 5.74) is 1.09. The number of benzene rings is 1. The number of rotatable bonds is 3. The quantitative estimate of drug-likeness (QED) is 0.923. The Balaban J connectivity index is 2.22. The zero-order chi connectivity index (χ0) is 13.9. The van der Waals surface area contributed by atoms with Crippen LogP contribution in [0.3, 0.4) is 0 Å². The summed E-state index contributed by atoms with van der Waals surface area (Å²) in [6.07, 6.45) is 5.18. The molecule has 1 N–H and O–H groups in total. The van der Waals surface area contributed by atoms with E-state index in [1.807, 2.05) is 6.07 Å². The maximum absolute atomic E-state index is 12.3. The molecule has 1 aromatic rings. The van der Waals surface area contributed by atoms with Gasteiger partial charge in [-0.3, -0.25) is 0 Å². The largest absolute Gasteiger partial charge is 0.241 e. The third-order valence-corrected chi connectivity index (χ3v) is 5.20. The number of hydrogen-bond acceptors (Lipinski definition) is 3. The van der Waals surface area contributed by atoms with Crippen molar-refractivity contribution >= 4 is 10.0 Å². The first kappa shape index (κ1) is 14.0. The third-order valence-electron chi connectivity index (χ3n) is 3.52. The van der Waals surface area contributed by atoms with Crippen LogP contribution in [0.25, 0.3) is 0 Å². The Bertz CT molecular complexity index is 596. The molecule has 1 saturated carbocycles. The molecule has 0 heterocycles. The van der Waals surface area contributed by atoms with Crippen LogP contribution in [0.15, 0.2) is 23.1 Å². The van der Waals surface area contributed by atoms with E-state index in [-0.39, 0.29) is 10.9 Å². The number of nitrogens with zero attached hydrogens (tertiary/aromatic N) is 1. The van der Waals surface area contributed by atoms with Crippen LogP contribution in [0, 0.1) is 18.3 Å². The third kappa shape index (κ3) is 3.34. The van der Waals surface area contributed by atoms with E-state index >= 15 is 0 Å². The van der Waals surface area contributed by atoms with Gasteiger partial charge in [-0.25, -0.2) is 13.1 Å². The molecule has 0 spiro atoms. The van der Waals surface area contributed by atoms with Crippen LogP contribution in [0.4, 0.5) is 0 Å². The van der Waals surface area contributed by atoms with Gasteiger partial charge in [0.25, 0.3) is 0 Å². The number of nitriles is 1. The van der Waals surface area contributed by atoms with Crippen LogP contribution in [0.2, 0.25) is 0 Å². The van der Waals surface area contributed by atoms with Crippen LogP contribution in [0.1, 0.15) is 43.2 Å². The van der Waals surface area contributed by atoms with Gasteiger partial charge in [0.15, 0.2) is 0 Å². The summed E-state index contributed by atoms with van der Waals surface area (Å²) in [5.74, 6) is 0. The summed E-state index contributed by atoms with van der Waals surface area (Å²) in [4.78, 5) is 0.275. The molecule has 0 atom stereocenters. The number of aryl methyl sites for hydroxylation is 1. The minimum Gasteiger partial charge on any atom is -0.208 e. The minimum absolute atomic E-state index is 0.0498. The molecule has 19 heavy (non-hydrogen) atoms. The fourth-order valence-electron chi connectivity index (χ4n) is 2.52. The number of sulfonamides is 1. The molecular formula is C14H18N2O2S. The first-order valence-electron chi connectivity index (χ1n) is 6.56. The summed E-state index contributed by atoms with van der Waals surface area (Å²) in [6, 6.07) is 6.73. The van der Waals surface area contributed by atoms with Gasteiger partial charge in [0.05, 0.1) is 16.5 Å². The lowest BCUT2D eigenvalue weighted by molar-refractivity contribution is 0.412. The van der Waals surface area contributed by atoms with Crippen molar-refractivity contribution < 1.29 is 8.42 Å². The standard InChI is InChI=1S/C14H18N2O2S/c1-11-9-12(10-15)7-8-14(11)19(17,18)16-13-5-3-2-4-6-13/h7-9,13,16H,2-6H2,1H3. The van der Waals surface area contributed by atoms with Crippen LogP contribution in [0.5, 0.6) is 0 Å². The van der Waals surface area contributed by atoms with Gasteiger partial charge in [0.2, 0.25) is 10.0 Å². The Morgan fingerprint density at radius 1 is 1.26 bits per heavy atom. The Morgan fingerprint density at radius 2 is 1.95 bits per heavy atom. The zero-order valence-electron chi connectivity index (χ0n) is 11.0. The van der Waals surface area contributed by atoms with E-state index in [0.717, 1.165) is 25.7 Å². The predicted molar refractivity (Wildman–Crippen MR) is 73.1 cm³/mol. The van der Waals surface area contributed by atoms with Crippen molar-refractivity contribution in [2.24, 2.45) is 0 Å². The van der Waals surface area contributed by atoms with Crippen molar-refractivity contribution in [2.75, 3.05) is 0 Å². The van der Waals surface area contributed by atoms with Crippen molar-refractivity contribution in [2.45, 2.75) is 50.0 Å². The molecule has 0 saturated heterocycles. The highest BCUT2D eigenvalue weighted by Crippen LogP contribution is 2.21. The van der Waals surface area contributed by atoms with Crippen LogP contribution >= 0.6 is 0 Å². The van der Waals surface area contributed by atoms with Crippen LogP contribution in [-0.2, 0) is 10.0 Å². The second-order valence-electron chi connectivity index (χ2n) is 5.05. The van der Waals surface area contributed by atoms with Crippen molar-refractivity contribution in [1.29, 1.82) is 5.26 Å². The van der Waals surface area contributed by atoms with E-state index in [9.17, 15) is 8.42 Å². The molecule has 0 radical (unpaired) electrons. The Labute approximate surface area is 114 Å². The molecule has 0 aliphatic heterocycles. The molecule has 4 nitrogen and oxygen atoms in total. The Kier molecular flexibility index (Phi) is 4.23. The molecular weight excluding hydrogens is 260 g/mol. The Hall–Kier alpha value is -1.38. The van der Waals surface area contributed by atoms with E-state index in [0.29, 0.717) is 11.1 Å². The van der Waals surface area contributed by atoms with Crippen molar-refractivity contribution in [3.63, 3.8) is 0 Å². The molecule has 5 heteroatoms. The van der Waals surface area contributed by atoms with Gasteiger partial charge < -0.3 is 0 Å².